The summed E-state index contributed by atoms with van der Waals surface area (Å²) in [6.45, 7) is 8.52. The smallest absolute Gasteiger partial charge is 0.264 e. The number of aromatic hydroxyl groups is 1. The Morgan fingerprint density at radius 2 is 1.97 bits per heavy atom. The molecular formula is C22H27N5O3S. The van der Waals surface area contributed by atoms with E-state index in [0.717, 1.165) is 11.4 Å². The van der Waals surface area contributed by atoms with Gasteiger partial charge in [-0.25, -0.2) is 9.67 Å². The summed E-state index contributed by atoms with van der Waals surface area (Å²) in [5.74, 6) is 0.312. The van der Waals surface area contributed by atoms with Crippen LogP contribution in [0.25, 0.3) is 5.69 Å². The highest BCUT2D eigenvalue weighted by Gasteiger charge is 2.22. The third kappa shape index (κ3) is 4.83. The average molecular weight is 442 g/mol. The maximum Gasteiger partial charge on any atom is 0.264 e. The van der Waals surface area contributed by atoms with Crippen molar-refractivity contribution >= 4 is 23.7 Å². The molecule has 0 saturated carbocycles. The van der Waals surface area contributed by atoms with Crippen molar-refractivity contribution < 1.29 is 9.84 Å². The second kappa shape index (κ2) is 8.99. The molecule has 0 amide bonds. The largest absolute Gasteiger partial charge is 0.494 e. The lowest BCUT2D eigenvalue weighted by Crippen LogP contribution is -2.22. The first kappa shape index (κ1) is 22.6. The number of hydrogen-bond acceptors (Lipinski definition) is 6. The van der Waals surface area contributed by atoms with Crippen LogP contribution < -0.4 is 5.56 Å². The summed E-state index contributed by atoms with van der Waals surface area (Å²) in [6, 6.07) is 11.5. The Morgan fingerprint density at radius 3 is 2.58 bits per heavy atom. The first-order valence-corrected chi connectivity index (χ1v) is 10.3. The van der Waals surface area contributed by atoms with E-state index in [0.29, 0.717) is 24.7 Å². The monoisotopic (exact) mass is 441 g/mol. The van der Waals surface area contributed by atoms with Crippen molar-refractivity contribution in [3.05, 3.63) is 62.8 Å². The third-order valence-corrected chi connectivity index (χ3v) is 5.12. The molecule has 164 valence electrons. The van der Waals surface area contributed by atoms with Gasteiger partial charge in [-0.3, -0.25) is 14.3 Å². The summed E-state index contributed by atoms with van der Waals surface area (Å²) in [4.78, 5) is 19.9. The maximum atomic E-state index is 12.6. The minimum Gasteiger partial charge on any atom is -0.494 e. The molecule has 2 heterocycles. The van der Waals surface area contributed by atoms with Crippen LogP contribution in [0.15, 0.2) is 46.2 Å². The molecule has 2 N–H and O–H groups in total. The topological polar surface area (TPSA) is 97.4 Å². The molecule has 0 bridgehead atoms. The third-order valence-electron chi connectivity index (χ3n) is 4.79. The molecule has 0 aliphatic heterocycles. The second-order valence-electron chi connectivity index (χ2n) is 8.18. The second-order valence-corrected chi connectivity index (χ2v) is 8.57. The zero-order chi connectivity index (χ0) is 22.8. The zero-order valence-corrected chi connectivity index (χ0v) is 19.2. The molecule has 0 radical (unpaired) electrons. The highest BCUT2D eigenvalue weighted by Crippen LogP contribution is 2.28. The van der Waals surface area contributed by atoms with Gasteiger partial charge in [0.25, 0.3) is 5.56 Å². The predicted molar refractivity (Wildman–Crippen MR) is 124 cm³/mol. The molecule has 8 nitrogen and oxygen atoms in total. The van der Waals surface area contributed by atoms with Crippen LogP contribution in [-0.2, 0) is 16.7 Å². The minimum atomic E-state index is -0.501. The highest BCUT2D eigenvalue weighted by molar-refractivity contribution is 7.71. The molecule has 0 aliphatic rings. The molecule has 9 heteroatoms. The predicted octanol–water partition coefficient (Wildman–Crippen LogP) is 3.88. The van der Waals surface area contributed by atoms with E-state index in [1.165, 1.54) is 4.57 Å². The molecule has 3 rings (SSSR count). The number of H-pyrrole nitrogens is 1. The summed E-state index contributed by atoms with van der Waals surface area (Å²) in [6.07, 6.45) is 0. The molecule has 31 heavy (non-hydrogen) atoms. The molecular weight excluding hydrogens is 414 g/mol. The Kier molecular flexibility index (Phi) is 6.56. The number of para-hydroxylation sites is 1. The Hall–Kier alpha value is -3.04. The summed E-state index contributed by atoms with van der Waals surface area (Å²) in [7, 11) is 1.55. The van der Waals surface area contributed by atoms with Crippen LogP contribution in [-0.4, -0.2) is 43.9 Å². The lowest BCUT2D eigenvalue weighted by molar-refractivity contribution is 0.182. The Balaban J connectivity index is 2.17. The standard InChI is InChI=1S/C22H27N5O3S/c1-14(18-19(28)24-21(31)26(20(18)29)11-12-30-5)23-17-13-16(22(2,3)4)25-27(17)15-9-7-6-8-10-15/h6-10,13,29H,11-12H2,1-5H3,(H,24,28,31)/b23-14+. The van der Waals surface area contributed by atoms with Crippen LogP contribution in [0.5, 0.6) is 5.88 Å². The number of methoxy groups -OCH3 is 1. The van der Waals surface area contributed by atoms with Crippen molar-refractivity contribution in [2.24, 2.45) is 4.99 Å². The van der Waals surface area contributed by atoms with E-state index in [9.17, 15) is 9.90 Å². The van der Waals surface area contributed by atoms with Crippen LogP contribution in [0.4, 0.5) is 5.82 Å². The Morgan fingerprint density at radius 1 is 1.29 bits per heavy atom. The van der Waals surface area contributed by atoms with E-state index >= 15 is 0 Å². The van der Waals surface area contributed by atoms with E-state index in [1.54, 1.807) is 18.7 Å². The molecule has 1 aromatic carbocycles. The SMILES string of the molecule is COCCn1c(O)c(/C(C)=N/c2cc(C(C)(C)C)nn2-c2ccccc2)c(=O)[nH]c1=S. The number of benzene rings is 1. The lowest BCUT2D eigenvalue weighted by Gasteiger charge is -2.14. The van der Waals surface area contributed by atoms with Crippen molar-refractivity contribution in [3.63, 3.8) is 0 Å². The molecule has 0 aliphatic carbocycles. The number of ether oxygens (including phenoxy) is 1. The molecule has 2 aromatic heterocycles. The van der Waals surface area contributed by atoms with Gasteiger partial charge in [0.15, 0.2) is 10.6 Å². The van der Waals surface area contributed by atoms with Crippen molar-refractivity contribution in [2.45, 2.75) is 39.7 Å². The Labute approximate surface area is 185 Å². The molecule has 3 aromatic rings. The first-order chi connectivity index (χ1) is 14.6. The fourth-order valence-electron chi connectivity index (χ4n) is 3.08. The number of rotatable bonds is 6. The van der Waals surface area contributed by atoms with Gasteiger partial charge in [-0.15, -0.1) is 0 Å². The molecule has 0 spiro atoms. The minimum absolute atomic E-state index is 0.0582. The summed E-state index contributed by atoms with van der Waals surface area (Å²) in [5.41, 5.74) is 1.42. The quantitative estimate of drug-likeness (QED) is 0.447. The van der Waals surface area contributed by atoms with Gasteiger partial charge in [0, 0.05) is 18.6 Å². The fraction of sp³-hybridized carbons (Fsp3) is 0.364. The first-order valence-electron chi connectivity index (χ1n) is 9.90. The van der Waals surface area contributed by atoms with Crippen LogP contribution in [0.2, 0.25) is 0 Å². The van der Waals surface area contributed by atoms with Gasteiger partial charge in [0.2, 0.25) is 5.88 Å². The van der Waals surface area contributed by atoms with Crippen molar-refractivity contribution in [1.82, 2.24) is 19.3 Å². The van der Waals surface area contributed by atoms with Crippen LogP contribution in [0.3, 0.4) is 0 Å². The maximum absolute atomic E-state index is 12.6. The van der Waals surface area contributed by atoms with Crippen LogP contribution >= 0.6 is 12.2 Å². The number of nitrogens with zero attached hydrogens (tertiary/aromatic N) is 4. The van der Waals surface area contributed by atoms with E-state index in [-0.39, 0.29) is 21.6 Å². The number of aromatic nitrogens is 4. The van der Waals surface area contributed by atoms with Gasteiger partial charge in [-0.1, -0.05) is 39.0 Å². The van der Waals surface area contributed by atoms with E-state index in [2.05, 4.69) is 30.7 Å². The van der Waals surface area contributed by atoms with E-state index < -0.39 is 5.56 Å². The van der Waals surface area contributed by atoms with E-state index in [4.69, 9.17) is 22.1 Å². The van der Waals surface area contributed by atoms with Crippen LogP contribution in [0, 0.1) is 4.77 Å². The highest BCUT2D eigenvalue weighted by atomic mass is 32.1. The van der Waals surface area contributed by atoms with E-state index in [1.807, 2.05) is 36.4 Å². The number of aliphatic imine (C=N–C) groups is 1. The zero-order valence-electron chi connectivity index (χ0n) is 18.3. The van der Waals surface area contributed by atoms with Gasteiger partial charge < -0.3 is 9.84 Å². The summed E-state index contributed by atoms with van der Waals surface area (Å²) in [5, 5.41) is 15.5. The fourth-order valence-corrected chi connectivity index (χ4v) is 3.35. The van der Waals surface area contributed by atoms with Gasteiger partial charge >= 0.3 is 0 Å². The Bertz CT molecular complexity index is 1220. The normalized spacial score (nSPS) is 12.4. The molecule has 0 fully saturated rings. The van der Waals surface area contributed by atoms with Gasteiger partial charge in [-0.05, 0) is 31.3 Å². The van der Waals surface area contributed by atoms with Crippen molar-refractivity contribution in [2.75, 3.05) is 13.7 Å². The summed E-state index contributed by atoms with van der Waals surface area (Å²) < 4.78 is 8.35. The van der Waals surface area contributed by atoms with Gasteiger partial charge in [0.1, 0.15) is 5.56 Å². The van der Waals surface area contributed by atoms with Crippen LogP contribution in [0.1, 0.15) is 39.0 Å². The number of hydrogen-bond donors (Lipinski definition) is 2. The van der Waals surface area contributed by atoms with Gasteiger partial charge in [0.05, 0.1) is 30.2 Å². The summed E-state index contributed by atoms with van der Waals surface area (Å²) >= 11 is 5.18. The van der Waals surface area contributed by atoms with Crippen molar-refractivity contribution in [3.8, 4) is 11.6 Å². The average Bonchev–Trinajstić information content (AvgIpc) is 3.12. The van der Waals surface area contributed by atoms with Crippen molar-refractivity contribution in [1.29, 1.82) is 0 Å². The number of nitrogens with one attached hydrogen (secondary N) is 1. The lowest BCUT2D eigenvalue weighted by atomic mass is 9.92. The molecule has 0 unspecified atom stereocenters. The van der Waals surface area contributed by atoms with Gasteiger partial charge in [-0.2, -0.15) is 5.10 Å². The molecule has 0 saturated heterocycles. The number of aromatic amines is 1. The molecule has 0 atom stereocenters.